The summed E-state index contributed by atoms with van der Waals surface area (Å²) >= 11 is 0. The first-order valence-corrected chi connectivity index (χ1v) is 14.7. The van der Waals surface area contributed by atoms with Gasteiger partial charge in [0.05, 0.1) is 0 Å². The predicted octanol–water partition coefficient (Wildman–Crippen LogP) is 7.45. The van der Waals surface area contributed by atoms with Gasteiger partial charge in [-0.15, -0.1) is 0 Å². The standard InChI is InChI=1S/C32H30Si/c1-23-5-9-25(10-6-23)13-15-27-17-19-29-30-20-18-28(16-14-26-11-7-24(2)8-12-26)22-32(30)33(3,4)31(29)21-27/h5-22H,1-4H3/b15-13+,16-14+. The predicted molar refractivity (Wildman–Crippen MR) is 149 cm³/mol. The van der Waals surface area contributed by atoms with Crippen LogP contribution in [0.1, 0.15) is 33.4 Å². The molecule has 1 heterocycles. The monoisotopic (exact) mass is 442 g/mol. The quantitative estimate of drug-likeness (QED) is 0.227. The molecule has 0 saturated carbocycles. The van der Waals surface area contributed by atoms with Crippen molar-refractivity contribution in [3.8, 4) is 11.1 Å². The summed E-state index contributed by atoms with van der Waals surface area (Å²) in [5, 5.41) is 3.09. The fourth-order valence-electron chi connectivity index (χ4n) is 4.72. The smallest absolute Gasteiger partial charge is 0.0616 e. The highest BCUT2D eigenvalue weighted by molar-refractivity contribution is 7.03. The third kappa shape index (κ3) is 4.29. The Hall–Kier alpha value is -3.42. The molecule has 0 fully saturated rings. The lowest BCUT2D eigenvalue weighted by molar-refractivity contribution is 1.46. The first-order chi connectivity index (χ1) is 15.9. The summed E-state index contributed by atoms with van der Waals surface area (Å²) in [6, 6.07) is 31.4. The van der Waals surface area contributed by atoms with Crippen LogP contribution >= 0.6 is 0 Å². The molecule has 5 rings (SSSR count). The van der Waals surface area contributed by atoms with Gasteiger partial charge in [-0.1, -0.05) is 133 Å². The Labute approximate surface area is 199 Å². The van der Waals surface area contributed by atoms with E-state index in [0.717, 1.165) is 0 Å². The zero-order chi connectivity index (χ0) is 23.0. The van der Waals surface area contributed by atoms with Crippen LogP contribution in [0, 0.1) is 13.8 Å². The van der Waals surface area contributed by atoms with Crippen molar-refractivity contribution in [1.82, 2.24) is 0 Å². The number of benzene rings is 4. The van der Waals surface area contributed by atoms with Crippen LogP contribution in [0.5, 0.6) is 0 Å². The van der Waals surface area contributed by atoms with E-state index in [0.29, 0.717) is 0 Å². The summed E-state index contributed by atoms with van der Waals surface area (Å²) in [7, 11) is -1.74. The third-order valence-corrected chi connectivity index (χ3v) is 10.3. The van der Waals surface area contributed by atoms with Crippen molar-refractivity contribution < 1.29 is 0 Å². The van der Waals surface area contributed by atoms with E-state index in [1.807, 2.05) is 0 Å². The van der Waals surface area contributed by atoms with E-state index in [4.69, 9.17) is 0 Å². The lowest BCUT2D eigenvalue weighted by atomic mass is 10.0. The van der Waals surface area contributed by atoms with Gasteiger partial charge in [0.15, 0.2) is 0 Å². The molecule has 0 atom stereocenters. The molecule has 0 spiro atoms. The normalized spacial score (nSPS) is 14.1. The minimum atomic E-state index is -1.74. The van der Waals surface area contributed by atoms with Crippen LogP contribution in [-0.2, 0) is 0 Å². The Bertz CT molecular complexity index is 1260. The van der Waals surface area contributed by atoms with Gasteiger partial charge in [0.25, 0.3) is 0 Å². The molecule has 0 aromatic heterocycles. The molecule has 0 radical (unpaired) electrons. The molecule has 1 aliphatic heterocycles. The van der Waals surface area contributed by atoms with Gasteiger partial charge in [-0.3, -0.25) is 0 Å². The average molecular weight is 443 g/mol. The van der Waals surface area contributed by atoms with Crippen molar-refractivity contribution >= 4 is 42.8 Å². The Morgan fingerprint density at radius 2 is 0.788 bits per heavy atom. The fourth-order valence-corrected chi connectivity index (χ4v) is 7.85. The van der Waals surface area contributed by atoms with Crippen LogP contribution < -0.4 is 10.4 Å². The lowest BCUT2D eigenvalue weighted by Crippen LogP contribution is -2.49. The molecule has 0 nitrogen and oxygen atoms in total. The van der Waals surface area contributed by atoms with E-state index < -0.39 is 8.07 Å². The van der Waals surface area contributed by atoms with Gasteiger partial charge in [-0.05, 0) is 57.6 Å². The topological polar surface area (TPSA) is 0 Å². The van der Waals surface area contributed by atoms with Crippen LogP contribution in [0.15, 0.2) is 84.9 Å². The maximum atomic E-state index is 2.48. The molecule has 0 unspecified atom stereocenters. The van der Waals surface area contributed by atoms with Gasteiger partial charge in [0.1, 0.15) is 8.07 Å². The first-order valence-electron chi connectivity index (χ1n) is 11.7. The molecule has 1 heteroatoms. The third-order valence-electron chi connectivity index (χ3n) is 6.82. The summed E-state index contributed by atoms with van der Waals surface area (Å²) < 4.78 is 0. The van der Waals surface area contributed by atoms with Gasteiger partial charge in [0.2, 0.25) is 0 Å². The molecule has 162 valence electrons. The zero-order valence-corrected chi connectivity index (χ0v) is 20.9. The molecule has 4 aromatic rings. The molecule has 33 heavy (non-hydrogen) atoms. The molecule has 0 N–H and O–H groups in total. The number of fused-ring (bicyclic) bond motifs is 3. The number of aryl methyl sites for hydroxylation is 2. The van der Waals surface area contributed by atoms with Crippen molar-refractivity contribution in [1.29, 1.82) is 0 Å². The minimum Gasteiger partial charge on any atom is -0.0616 e. The Balaban J connectivity index is 1.44. The van der Waals surface area contributed by atoms with E-state index in [1.165, 1.54) is 44.5 Å². The highest BCUT2D eigenvalue weighted by Crippen LogP contribution is 2.30. The molecule has 1 aliphatic rings. The molecule has 0 aliphatic carbocycles. The van der Waals surface area contributed by atoms with Crippen LogP contribution in [0.2, 0.25) is 13.1 Å². The van der Waals surface area contributed by atoms with E-state index >= 15 is 0 Å². The first kappa shape index (κ1) is 21.4. The van der Waals surface area contributed by atoms with Crippen molar-refractivity contribution in [2.45, 2.75) is 26.9 Å². The summed E-state index contributed by atoms with van der Waals surface area (Å²) in [4.78, 5) is 0. The molecule has 0 saturated heterocycles. The summed E-state index contributed by atoms with van der Waals surface area (Å²) in [6.07, 6.45) is 8.92. The molecule has 4 aromatic carbocycles. The second-order valence-electron chi connectivity index (χ2n) is 9.72. The van der Waals surface area contributed by atoms with E-state index in [1.54, 1.807) is 10.4 Å². The van der Waals surface area contributed by atoms with E-state index in [-0.39, 0.29) is 0 Å². The van der Waals surface area contributed by atoms with Gasteiger partial charge in [-0.2, -0.15) is 0 Å². The number of hydrogen-bond acceptors (Lipinski definition) is 0. The Morgan fingerprint density at radius 3 is 1.18 bits per heavy atom. The number of hydrogen-bond donors (Lipinski definition) is 0. The van der Waals surface area contributed by atoms with Crippen LogP contribution in [0.25, 0.3) is 35.4 Å². The Morgan fingerprint density at radius 1 is 0.455 bits per heavy atom. The van der Waals surface area contributed by atoms with Crippen molar-refractivity contribution in [3.63, 3.8) is 0 Å². The highest BCUT2D eigenvalue weighted by Gasteiger charge is 2.37. The van der Waals surface area contributed by atoms with Crippen molar-refractivity contribution in [2.24, 2.45) is 0 Å². The average Bonchev–Trinajstić information content (AvgIpc) is 3.04. The minimum absolute atomic E-state index is 1.24. The fraction of sp³-hybridized carbons (Fsp3) is 0.125. The van der Waals surface area contributed by atoms with Crippen molar-refractivity contribution in [3.05, 3.63) is 118 Å². The lowest BCUT2D eigenvalue weighted by Gasteiger charge is -2.19. The maximum absolute atomic E-state index is 2.48. The zero-order valence-electron chi connectivity index (χ0n) is 19.9. The van der Waals surface area contributed by atoms with Crippen LogP contribution in [0.3, 0.4) is 0 Å². The van der Waals surface area contributed by atoms with Gasteiger partial charge in [-0.25, -0.2) is 0 Å². The molecular weight excluding hydrogens is 412 g/mol. The highest BCUT2D eigenvalue weighted by atomic mass is 28.3. The maximum Gasteiger partial charge on any atom is 0.113 e. The van der Waals surface area contributed by atoms with Gasteiger partial charge >= 0.3 is 0 Å². The van der Waals surface area contributed by atoms with Gasteiger partial charge in [0, 0.05) is 0 Å². The largest absolute Gasteiger partial charge is 0.113 e. The summed E-state index contributed by atoms with van der Waals surface area (Å²) in [5.41, 5.74) is 10.5. The molecular formula is C32H30Si. The molecule has 0 amide bonds. The van der Waals surface area contributed by atoms with Crippen molar-refractivity contribution in [2.75, 3.05) is 0 Å². The van der Waals surface area contributed by atoms with E-state index in [9.17, 15) is 0 Å². The molecule has 0 bridgehead atoms. The van der Waals surface area contributed by atoms with Gasteiger partial charge < -0.3 is 0 Å². The second kappa shape index (κ2) is 8.50. The van der Waals surface area contributed by atoms with E-state index in [2.05, 4.69) is 136 Å². The van der Waals surface area contributed by atoms with Crippen LogP contribution in [0.4, 0.5) is 0 Å². The van der Waals surface area contributed by atoms with Crippen LogP contribution in [-0.4, -0.2) is 8.07 Å². The second-order valence-corrected chi connectivity index (χ2v) is 14.1. The SMILES string of the molecule is Cc1ccc(/C=C/c2ccc3c(c2)[Si](C)(C)c2cc(/C=C/c4ccc(C)cc4)ccc2-3)cc1. The Kier molecular flexibility index (Phi) is 5.52. The number of rotatable bonds is 4. The summed E-state index contributed by atoms with van der Waals surface area (Å²) in [5.74, 6) is 0. The summed E-state index contributed by atoms with van der Waals surface area (Å²) in [6.45, 7) is 9.22.